The molecule has 0 saturated heterocycles. The highest BCUT2D eigenvalue weighted by molar-refractivity contribution is 7.16. The lowest BCUT2D eigenvalue weighted by Gasteiger charge is -2.45. The van der Waals surface area contributed by atoms with Gasteiger partial charge in [-0.2, -0.15) is 0 Å². The molecule has 1 saturated carbocycles. The zero-order chi connectivity index (χ0) is 14.6. The van der Waals surface area contributed by atoms with E-state index in [1.165, 1.54) is 43.4 Å². The Balaban J connectivity index is 2.19. The molecule has 0 spiro atoms. The maximum Gasteiger partial charge on any atom is 0.0931 e. The maximum atomic E-state index is 6.05. The first-order valence-electron chi connectivity index (χ1n) is 7.46. The molecular formula is C15H26ClN3S. The zero-order valence-corrected chi connectivity index (χ0v) is 14.1. The Bertz CT molecular complexity index is 411. The van der Waals surface area contributed by atoms with Gasteiger partial charge in [0.15, 0.2) is 0 Å². The van der Waals surface area contributed by atoms with Crippen molar-refractivity contribution in [1.82, 2.24) is 10.3 Å². The van der Waals surface area contributed by atoms with Gasteiger partial charge >= 0.3 is 0 Å². The van der Waals surface area contributed by atoms with Crippen LogP contribution in [0.15, 0.2) is 12.1 Å². The molecule has 2 rings (SSSR count). The van der Waals surface area contributed by atoms with Gasteiger partial charge in [0.1, 0.15) is 0 Å². The fraction of sp³-hybridized carbons (Fsp3) is 0.733. The molecule has 3 nitrogen and oxygen atoms in total. The van der Waals surface area contributed by atoms with E-state index in [1.54, 1.807) is 11.3 Å². The largest absolute Gasteiger partial charge is 0.302 e. The van der Waals surface area contributed by atoms with Crippen molar-refractivity contribution >= 4 is 22.9 Å². The first kappa shape index (κ1) is 16.2. The number of nitrogens with one attached hydrogen (secondary N) is 1. The summed E-state index contributed by atoms with van der Waals surface area (Å²) >= 11 is 7.72. The van der Waals surface area contributed by atoms with Gasteiger partial charge in [0.2, 0.25) is 0 Å². The minimum Gasteiger partial charge on any atom is -0.302 e. The zero-order valence-electron chi connectivity index (χ0n) is 12.5. The number of hydrogen-bond donors (Lipinski definition) is 2. The molecule has 3 N–H and O–H groups in total. The highest BCUT2D eigenvalue weighted by Gasteiger charge is 2.40. The lowest BCUT2D eigenvalue weighted by atomic mass is 9.80. The first-order valence-corrected chi connectivity index (χ1v) is 8.66. The Morgan fingerprint density at radius 3 is 2.40 bits per heavy atom. The summed E-state index contributed by atoms with van der Waals surface area (Å²) in [5.74, 6) is 5.93. The molecule has 5 heteroatoms. The van der Waals surface area contributed by atoms with Crippen LogP contribution in [0.1, 0.15) is 43.4 Å². The van der Waals surface area contributed by atoms with E-state index in [1.807, 2.05) is 6.07 Å². The molecule has 0 radical (unpaired) electrons. The van der Waals surface area contributed by atoms with Gasteiger partial charge in [-0.05, 0) is 39.1 Å². The summed E-state index contributed by atoms with van der Waals surface area (Å²) < 4.78 is 0.857. The lowest BCUT2D eigenvalue weighted by Crippen LogP contribution is -2.61. The Morgan fingerprint density at radius 2 is 1.95 bits per heavy atom. The lowest BCUT2D eigenvalue weighted by molar-refractivity contribution is 0.0805. The first-order chi connectivity index (χ1) is 9.58. The molecule has 1 aromatic heterocycles. The molecule has 0 aromatic carbocycles. The number of nitrogens with zero attached hydrogens (tertiary/aromatic N) is 1. The number of halogens is 1. The molecule has 1 aliphatic rings. The van der Waals surface area contributed by atoms with Gasteiger partial charge in [-0.3, -0.25) is 11.3 Å². The van der Waals surface area contributed by atoms with E-state index in [-0.39, 0.29) is 11.6 Å². The fourth-order valence-electron chi connectivity index (χ4n) is 3.51. The third-order valence-electron chi connectivity index (χ3n) is 4.74. The number of hydrazine groups is 1. The number of likely N-dealkylation sites (N-methyl/N-ethyl adjacent to an activating group) is 1. The van der Waals surface area contributed by atoms with Crippen molar-refractivity contribution in [2.75, 3.05) is 14.1 Å². The number of thiophene rings is 1. The monoisotopic (exact) mass is 315 g/mol. The van der Waals surface area contributed by atoms with Crippen LogP contribution in [-0.2, 0) is 6.42 Å². The van der Waals surface area contributed by atoms with Crippen molar-refractivity contribution in [2.24, 2.45) is 5.84 Å². The summed E-state index contributed by atoms with van der Waals surface area (Å²) in [7, 11) is 4.38. The molecule has 1 heterocycles. The van der Waals surface area contributed by atoms with Gasteiger partial charge < -0.3 is 4.90 Å². The topological polar surface area (TPSA) is 41.3 Å². The third-order valence-corrected chi connectivity index (χ3v) is 6.00. The molecule has 20 heavy (non-hydrogen) atoms. The molecule has 114 valence electrons. The molecule has 1 fully saturated rings. The number of nitrogens with two attached hydrogens (primary N) is 1. The van der Waals surface area contributed by atoms with Crippen molar-refractivity contribution in [3.8, 4) is 0 Å². The summed E-state index contributed by atoms with van der Waals surface area (Å²) in [6.45, 7) is 0. The van der Waals surface area contributed by atoms with Crippen LogP contribution in [0, 0.1) is 0 Å². The Hall–Kier alpha value is -0.130. The highest BCUT2D eigenvalue weighted by Crippen LogP contribution is 2.36. The standard InChI is InChI=1S/C15H26ClN3S/c1-19(2)15(9-5-3-4-6-10-15)13(18-17)11-12-7-8-14(16)20-12/h7-8,13,18H,3-6,9-11,17H2,1-2H3. The van der Waals surface area contributed by atoms with E-state index >= 15 is 0 Å². The summed E-state index contributed by atoms with van der Waals surface area (Å²) in [5.41, 5.74) is 3.26. The minimum absolute atomic E-state index is 0.154. The van der Waals surface area contributed by atoms with Crippen LogP contribution in [0.5, 0.6) is 0 Å². The molecule has 1 atom stereocenters. The van der Waals surface area contributed by atoms with Gasteiger partial charge in [0.05, 0.1) is 4.34 Å². The molecule has 1 aromatic rings. The van der Waals surface area contributed by atoms with Gasteiger partial charge in [-0.25, -0.2) is 0 Å². The second kappa shape index (κ2) is 7.23. The summed E-state index contributed by atoms with van der Waals surface area (Å²) in [6.07, 6.45) is 8.66. The molecule has 0 amide bonds. The van der Waals surface area contributed by atoms with E-state index in [4.69, 9.17) is 17.4 Å². The van der Waals surface area contributed by atoms with E-state index in [0.717, 1.165) is 10.8 Å². The Kier molecular flexibility index (Phi) is 5.87. The van der Waals surface area contributed by atoms with Crippen LogP contribution in [0.25, 0.3) is 0 Å². The van der Waals surface area contributed by atoms with Crippen LogP contribution in [0.2, 0.25) is 4.34 Å². The molecular weight excluding hydrogens is 290 g/mol. The highest BCUT2D eigenvalue weighted by atomic mass is 35.5. The molecule has 0 aliphatic heterocycles. The van der Waals surface area contributed by atoms with Crippen LogP contribution >= 0.6 is 22.9 Å². The normalized spacial score (nSPS) is 20.9. The van der Waals surface area contributed by atoms with Gasteiger partial charge in [0, 0.05) is 22.9 Å². The van der Waals surface area contributed by atoms with Crippen LogP contribution in [0.3, 0.4) is 0 Å². The van der Waals surface area contributed by atoms with Crippen molar-refractivity contribution in [1.29, 1.82) is 0 Å². The van der Waals surface area contributed by atoms with Crippen molar-refractivity contribution in [2.45, 2.75) is 56.5 Å². The van der Waals surface area contributed by atoms with Crippen molar-refractivity contribution in [3.63, 3.8) is 0 Å². The molecule has 1 aliphatic carbocycles. The third kappa shape index (κ3) is 3.55. The minimum atomic E-state index is 0.154. The van der Waals surface area contributed by atoms with E-state index in [2.05, 4.69) is 30.5 Å². The van der Waals surface area contributed by atoms with Crippen LogP contribution in [0.4, 0.5) is 0 Å². The summed E-state index contributed by atoms with van der Waals surface area (Å²) in [5, 5.41) is 0. The predicted octanol–water partition coefficient (Wildman–Crippen LogP) is 3.43. The second-order valence-electron chi connectivity index (χ2n) is 6.04. The smallest absolute Gasteiger partial charge is 0.0931 e. The summed E-state index contributed by atoms with van der Waals surface area (Å²) in [6, 6.07) is 4.37. The Labute approximate surface area is 131 Å². The fourth-order valence-corrected chi connectivity index (χ4v) is 4.65. The summed E-state index contributed by atoms with van der Waals surface area (Å²) in [4.78, 5) is 3.70. The van der Waals surface area contributed by atoms with E-state index in [0.29, 0.717) is 0 Å². The average Bonchev–Trinajstić information content (AvgIpc) is 2.68. The molecule has 0 bridgehead atoms. The predicted molar refractivity (Wildman–Crippen MR) is 88.3 cm³/mol. The van der Waals surface area contributed by atoms with Gasteiger partial charge in [-0.1, -0.05) is 37.3 Å². The SMILES string of the molecule is CN(C)C1(C(Cc2ccc(Cl)s2)NN)CCCCCC1. The van der Waals surface area contributed by atoms with Gasteiger partial charge in [-0.15, -0.1) is 11.3 Å². The maximum absolute atomic E-state index is 6.05. The van der Waals surface area contributed by atoms with Crippen LogP contribution < -0.4 is 11.3 Å². The Morgan fingerprint density at radius 1 is 1.30 bits per heavy atom. The quantitative estimate of drug-likeness (QED) is 0.497. The van der Waals surface area contributed by atoms with E-state index in [9.17, 15) is 0 Å². The van der Waals surface area contributed by atoms with E-state index < -0.39 is 0 Å². The number of hydrogen-bond acceptors (Lipinski definition) is 4. The van der Waals surface area contributed by atoms with Crippen molar-refractivity contribution < 1.29 is 0 Å². The number of rotatable bonds is 5. The van der Waals surface area contributed by atoms with Crippen LogP contribution in [-0.4, -0.2) is 30.6 Å². The molecule has 1 unspecified atom stereocenters. The average molecular weight is 316 g/mol. The second-order valence-corrected chi connectivity index (χ2v) is 7.84. The van der Waals surface area contributed by atoms with Gasteiger partial charge in [0.25, 0.3) is 0 Å². The van der Waals surface area contributed by atoms with Crippen molar-refractivity contribution in [3.05, 3.63) is 21.3 Å².